The Balaban J connectivity index is 2.36. The summed E-state index contributed by atoms with van der Waals surface area (Å²) in [6, 6.07) is 12.2. The van der Waals surface area contributed by atoms with Crippen molar-refractivity contribution in [2.75, 3.05) is 0 Å². The molecule has 0 saturated heterocycles. The number of allylic oxidation sites excluding steroid dienone is 1. The second-order valence-corrected chi connectivity index (χ2v) is 29.5. The Hall–Kier alpha value is 0.0769. The van der Waals surface area contributed by atoms with Gasteiger partial charge in [-0.25, -0.2) is 0 Å². The molecule has 161 valence electrons. The van der Waals surface area contributed by atoms with Crippen molar-refractivity contribution in [3.63, 3.8) is 0 Å². The summed E-state index contributed by atoms with van der Waals surface area (Å²) in [6.45, 7) is 19.3. The van der Waals surface area contributed by atoms with Gasteiger partial charge in [-0.05, 0) is 0 Å². The third kappa shape index (κ3) is 4.86. The van der Waals surface area contributed by atoms with Gasteiger partial charge >= 0.3 is 202 Å². The predicted octanol–water partition coefficient (Wildman–Crippen LogP) is 7.78. The Labute approximate surface area is 200 Å². The van der Waals surface area contributed by atoms with E-state index >= 15 is 0 Å². The number of benzene rings is 2. The first kappa shape index (κ1) is 24.7. The van der Waals surface area contributed by atoms with Crippen molar-refractivity contribution >= 4 is 49.6 Å². The molecule has 0 N–H and O–H groups in total. The van der Waals surface area contributed by atoms with E-state index in [1.54, 1.807) is 10.4 Å². The van der Waals surface area contributed by atoms with Crippen LogP contribution >= 0.6 is 17.0 Å². The van der Waals surface area contributed by atoms with Crippen LogP contribution in [0.4, 0.5) is 0 Å². The van der Waals surface area contributed by atoms with E-state index in [4.69, 9.17) is 17.0 Å². The Bertz CT molecular complexity index is 950. The summed E-state index contributed by atoms with van der Waals surface area (Å²) in [5, 5.41) is 3.13. The molecule has 2 aromatic rings. The zero-order valence-corrected chi connectivity index (χ0v) is 25.7. The van der Waals surface area contributed by atoms with E-state index in [1.807, 2.05) is 0 Å². The zero-order chi connectivity index (χ0) is 22.4. The van der Waals surface area contributed by atoms with Crippen molar-refractivity contribution in [1.29, 1.82) is 0 Å². The summed E-state index contributed by atoms with van der Waals surface area (Å²) in [5.41, 5.74) is 8.48. The summed E-state index contributed by atoms with van der Waals surface area (Å²) < 4.78 is 0.303. The molecule has 0 bridgehead atoms. The number of hydrogen-bond donors (Lipinski definition) is 0. The van der Waals surface area contributed by atoms with E-state index in [2.05, 4.69) is 89.5 Å². The monoisotopic (exact) mass is 551 g/mol. The van der Waals surface area contributed by atoms with Crippen LogP contribution < -0.4 is 10.4 Å². The van der Waals surface area contributed by atoms with E-state index < -0.39 is 35.5 Å². The van der Waals surface area contributed by atoms with Crippen LogP contribution in [0.2, 0.25) is 39.3 Å². The van der Waals surface area contributed by atoms with Crippen LogP contribution in [0.5, 0.6) is 0 Å². The number of fused-ring (bicyclic) bond motifs is 1. The molecule has 1 aliphatic rings. The fourth-order valence-corrected chi connectivity index (χ4v) is 12.5. The molecular weight excluding hydrogens is 519 g/mol. The average molecular weight is 554 g/mol. The summed E-state index contributed by atoms with van der Waals surface area (Å²) in [4.78, 5) is 0. The van der Waals surface area contributed by atoms with Crippen molar-refractivity contribution in [1.82, 2.24) is 0 Å². The standard InChI is InChI=1S/C25H35Si2.2ClH.Zr/c1-9-18-13-20-12-11-19(10-2)25(24(20)14-18)21-15-22(26(3,4)5)17-23(16-21)27(6,7)8;;;/h11-17H,9-10H2,1-8H3;2*1H;/q;;;+2/p-2. The van der Waals surface area contributed by atoms with Gasteiger partial charge in [-0.2, -0.15) is 0 Å². The Morgan fingerprint density at radius 2 is 1.40 bits per heavy atom. The second kappa shape index (κ2) is 9.14. The third-order valence-corrected chi connectivity index (χ3v) is 15.7. The van der Waals surface area contributed by atoms with Crippen LogP contribution in [0.3, 0.4) is 0 Å². The molecule has 1 aliphatic carbocycles. The molecule has 0 saturated carbocycles. The molecule has 0 nitrogen and oxygen atoms in total. The molecule has 1 unspecified atom stereocenters. The van der Waals surface area contributed by atoms with E-state index in [0.29, 0.717) is 3.63 Å². The van der Waals surface area contributed by atoms with Gasteiger partial charge in [0.05, 0.1) is 0 Å². The molecule has 0 spiro atoms. The SMILES string of the molecule is CCC1=Cc2c(ccc(CC)c2-c2cc([Si](C)(C)C)cc([Si](C)(C)C)c2)[CH]1[Zr]([Cl])[Cl]. The van der Waals surface area contributed by atoms with Crippen LogP contribution in [0, 0.1) is 0 Å². The van der Waals surface area contributed by atoms with Crippen molar-refractivity contribution in [2.24, 2.45) is 0 Å². The van der Waals surface area contributed by atoms with Crippen LogP contribution in [0.25, 0.3) is 17.2 Å². The summed E-state index contributed by atoms with van der Waals surface area (Å²) in [6.07, 6.45) is 4.49. The fourth-order valence-electron chi connectivity index (χ4n) is 4.39. The first-order valence-electron chi connectivity index (χ1n) is 11.1. The maximum absolute atomic E-state index is 6.66. The van der Waals surface area contributed by atoms with E-state index in [0.717, 1.165) is 12.8 Å². The van der Waals surface area contributed by atoms with Crippen molar-refractivity contribution in [2.45, 2.75) is 69.6 Å². The number of aryl methyl sites for hydroxylation is 1. The molecule has 3 rings (SSSR count). The predicted molar refractivity (Wildman–Crippen MR) is 140 cm³/mol. The van der Waals surface area contributed by atoms with Crippen molar-refractivity contribution in [3.8, 4) is 11.1 Å². The maximum atomic E-state index is 6.66. The van der Waals surface area contributed by atoms with E-state index in [-0.39, 0.29) is 0 Å². The molecule has 0 aliphatic heterocycles. The van der Waals surface area contributed by atoms with Gasteiger partial charge in [0, 0.05) is 0 Å². The quantitative estimate of drug-likeness (QED) is 0.321. The second-order valence-electron chi connectivity index (χ2n) is 10.6. The number of hydrogen-bond acceptors (Lipinski definition) is 0. The van der Waals surface area contributed by atoms with Gasteiger partial charge in [0.15, 0.2) is 0 Å². The summed E-state index contributed by atoms with van der Waals surface area (Å²) in [5.74, 6) is 0. The molecule has 0 aromatic heterocycles. The fraction of sp³-hybridized carbons (Fsp3) is 0.440. The average Bonchev–Trinajstić information content (AvgIpc) is 3.04. The Kier molecular flexibility index (Phi) is 7.53. The minimum absolute atomic E-state index is 0.303. The van der Waals surface area contributed by atoms with Gasteiger partial charge in [-0.3, -0.25) is 0 Å². The van der Waals surface area contributed by atoms with Crippen LogP contribution in [0.1, 0.15) is 40.6 Å². The Morgan fingerprint density at radius 3 is 1.83 bits per heavy atom. The number of rotatable bonds is 6. The van der Waals surface area contributed by atoms with Crippen molar-refractivity contribution in [3.05, 3.63) is 52.6 Å². The zero-order valence-electron chi connectivity index (χ0n) is 19.7. The molecule has 0 heterocycles. The molecule has 0 radical (unpaired) electrons. The van der Waals surface area contributed by atoms with E-state index in [9.17, 15) is 0 Å². The molecule has 0 amide bonds. The Morgan fingerprint density at radius 1 is 0.833 bits per heavy atom. The van der Waals surface area contributed by atoms with Crippen molar-refractivity contribution < 1.29 is 19.4 Å². The molecule has 30 heavy (non-hydrogen) atoms. The molecule has 1 atom stereocenters. The summed E-state index contributed by atoms with van der Waals surface area (Å²) in [7, 11) is 10.4. The molecule has 2 aromatic carbocycles. The van der Waals surface area contributed by atoms with Gasteiger partial charge < -0.3 is 0 Å². The van der Waals surface area contributed by atoms with Crippen LogP contribution in [0.15, 0.2) is 35.9 Å². The molecule has 0 fully saturated rings. The first-order valence-corrected chi connectivity index (χ1v) is 25.8. The summed E-state index contributed by atoms with van der Waals surface area (Å²) >= 11 is -2.46. The number of halogens is 2. The topological polar surface area (TPSA) is 0 Å². The minimum atomic E-state index is -2.46. The van der Waals surface area contributed by atoms with E-state index in [1.165, 1.54) is 33.4 Å². The van der Waals surface area contributed by atoms with Crippen LogP contribution in [-0.4, -0.2) is 16.1 Å². The normalized spacial score (nSPS) is 16.5. The van der Waals surface area contributed by atoms with Gasteiger partial charge in [0.25, 0.3) is 0 Å². The van der Waals surface area contributed by atoms with Gasteiger partial charge in [-0.1, -0.05) is 0 Å². The van der Waals surface area contributed by atoms with Crippen LogP contribution in [-0.2, 0) is 25.8 Å². The molecular formula is C25H35Cl2Si2Zr. The third-order valence-electron chi connectivity index (χ3n) is 6.34. The van der Waals surface area contributed by atoms with Gasteiger partial charge in [0.1, 0.15) is 0 Å². The first-order chi connectivity index (χ1) is 13.9. The van der Waals surface area contributed by atoms with Gasteiger partial charge in [-0.15, -0.1) is 0 Å². The molecule has 5 heteroatoms. The van der Waals surface area contributed by atoms with Gasteiger partial charge in [0.2, 0.25) is 0 Å².